The van der Waals surface area contributed by atoms with Gasteiger partial charge in [0.1, 0.15) is 0 Å². The molecule has 1 saturated carbocycles. The van der Waals surface area contributed by atoms with Crippen molar-refractivity contribution >= 4 is 24.2 Å². The Morgan fingerprint density at radius 2 is 1.41 bits per heavy atom. The van der Waals surface area contributed by atoms with Crippen molar-refractivity contribution in [2.45, 2.75) is 70.8 Å². The summed E-state index contributed by atoms with van der Waals surface area (Å²) in [6.07, 6.45) is 9.33. The molecule has 0 saturated heterocycles. The lowest BCUT2D eigenvalue weighted by Gasteiger charge is -2.16. The average Bonchev–Trinajstić information content (AvgIpc) is 2.76. The molecule has 1 aliphatic rings. The van der Waals surface area contributed by atoms with Gasteiger partial charge in [-0.3, -0.25) is 9.59 Å². The van der Waals surface area contributed by atoms with Crippen molar-refractivity contribution in [1.82, 2.24) is 16.0 Å². The third-order valence-corrected chi connectivity index (χ3v) is 3.89. The highest BCUT2D eigenvalue weighted by molar-refractivity contribution is 5.85. The Labute approximate surface area is 140 Å². The van der Waals surface area contributed by atoms with Gasteiger partial charge in [0.2, 0.25) is 11.8 Å². The standard InChI is InChI=1S/C16H31N3O2.ClH/c1-2-11-18-15(20)9-10-16(21)19-13-12-17-14-7-5-3-4-6-8-14;/h14,17H,2-13H2,1H3,(H,18,20)(H,19,21);1H. The van der Waals surface area contributed by atoms with E-state index < -0.39 is 0 Å². The lowest BCUT2D eigenvalue weighted by Crippen LogP contribution is -2.37. The molecule has 0 aromatic rings. The molecule has 2 amide bonds. The molecule has 0 unspecified atom stereocenters. The number of carbonyl (C=O) groups excluding carboxylic acids is 2. The third-order valence-electron chi connectivity index (χ3n) is 3.89. The monoisotopic (exact) mass is 333 g/mol. The van der Waals surface area contributed by atoms with Crippen LogP contribution in [0.15, 0.2) is 0 Å². The second-order valence-corrected chi connectivity index (χ2v) is 5.84. The minimum Gasteiger partial charge on any atom is -0.356 e. The number of hydrogen-bond donors (Lipinski definition) is 3. The lowest BCUT2D eigenvalue weighted by molar-refractivity contribution is -0.126. The van der Waals surface area contributed by atoms with Crippen LogP contribution in [-0.2, 0) is 9.59 Å². The van der Waals surface area contributed by atoms with Crippen LogP contribution in [0.3, 0.4) is 0 Å². The number of amides is 2. The topological polar surface area (TPSA) is 70.2 Å². The smallest absolute Gasteiger partial charge is 0.220 e. The zero-order chi connectivity index (χ0) is 15.3. The molecule has 1 rings (SSSR count). The van der Waals surface area contributed by atoms with E-state index in [0.717, 1.165) is 13.0 Å². The highest BCUT2D eigenvalue weighted by Crippen LogP contribution is 2.16. The van der Waals surface area contributed by atoms with Crippen LogP contribution < -0.4 is 16.0 Å². The molecule has 5 nitrogen and oxygen atoms in total. The van der Waals surface area contributed by atoms with Gasteiger partial charge in [-0.1, -0.05) is 32.6 Å². The summed E-state index contributed by atoms with van der Waals surface area (Å²) in [6.45, 7) is 4.16. The van der Waals surface area contributed by atoms with Gasteiger partial charge in [0.25, 0.3) is 0 Å². The van der Waals surface area contributed by atoms with E-state index in [0.29, 0.717) is 19.1 Å². The van der Waals surface area contributed by atoms with Crippen LogP contribution in [0.4, 0.5) is 0 Å². The predicted molar refractivity (Wildman–Crippen MR) is 92.3 cm³/mol. The molecule has 0 spiro atoms. The van der Waals surface area contributed by atoms with Gasteiger partial charge in [-0.25, -0.2) is 0 Å². The van der Waals surface area contributed by atoms with Crippen LogP contribution in [0.5, 0.6) is 0 Å². The molecule has 0 aliphatic heterocycles. The van der Waals surface area contributed by atoms with E-state index in [1.165, 1.54) is 38.5 Å². The molecule has 0 aromatic carbocycles. The minimum atomic E-state index is -0.0384. The number of rotatable bonds is 9. The van der Waals surface area contributed by atoms with Gasteiger partial charge in [-0.05, 0) is 19.3 Å². The van der Waals surface area contributed by atoms with E-state index in [4.69, 9.17) is 0 Å². The first-order chi connectivity index (χ1) is 10.2. The summed E-state index contributed by atoms with van der Waals surface area (Å²) in [5.41, 5.74) is 0. The number of hydrogen-bond acceptors (Lipinski definition) is 3. The minimum absolute atomic E-state index is 0. The van der Waals surface area contributed by atoms with Gasteiger partial charge in [-0.2, -0.15) is 0 Å². The molecule has 1 aliphatic carbocycles. The first-order valence-electron chi connectivity index (χ1n) is 8.49. The molecule has 0 radical (unpaired) electrons. The van der Waals surface area contributed by atoms with Gasteiger partial charge >= 0.3 is 0 Å². The second-order valence-electron chi connectivity index (χ2n) is 5.84. The van der Waals surface area contributed by atoms with Crippen molar-refractivity contribution in [2.75, 3.05) is 19.6 Å². The van der Waals surface area contributed by atoms with E-state index in [1.807, 2.05) is 6.92 Å². The molecule has 0 atom stereocenters. The third kappa shape index (κ3) is 10.9. The Hall–Kier alpha value is -0.810. The number of halogens is 1. The van der Waals surface area contributed by atoms with E-state index in [-0.39, 0.29) is 37.1 Å². The fourth-order valence-corrected chi connectivity index (χ4v) is 2.63. The molecular weight excluding hydrogens is 302 g/mol. The van der Waals surface area contributed by atoms with Crippen LogP contribution in [0, 0.1) is 0 Å². The maximum atomic E-state index is 11.6. The summed E-state index contributed by atoms with van der Waals surface area (Å²) in [5, 5.41) is 9.16. The van der Waals surface area contributed by atoms with Crippen molar-refractivity contribution < 1.29 is 9.59 Å². The zero-order valence-electron chi connectivity index (χ0n) is 13.8. The van der Waals surface area contributed by atoms with Gasteiger partial charge < -0.3 is 16.0 Å². The van der Waals surface area contributed by atoms with Gasteiger partial charge in [0.05, 0.1) is 0 Å². The van der Waals surface area contributed by atoms with E-state index in [9.17, 15) is 9.59 Å². The molecule has 130 valence electrons. The summed E-state index contributed by atoms with van der Waals surface area (Å²) < 4.78 is 0. The van der Waals surface area contributed by atoms with Crippen LogP contribution >= 0.6 is 12.4 Å². The predicted octanol–water partition coefficient (Wildman–Crippen LogP) is 2.14. The molecule has 22 heavy (non-hydrogen) atoms. The summed E-state index contributed by atoms with van der Waals surface area (Å²) >= 11 is 0. The lowest BCUT2D eigenvalue weighted by atomic mass is 10.1. The fourth-order valence-electron chi connectivity index (χ4n) is 2.63. The molecule has 0 heterocycles. The first kappa shape index (κ1) is 21.2. The van der Waals surface area contributed by atoms with Crippen LogP contribution in [0.25, 0.3) is 0 Å². The molecule has 0 aromatic heterocycles. The van der Waals surface area contributed by atoms with Crippen LogP contribution in [-0.4, -0.2) is 37.5 Å². The summed E-state index contributed by atoms with van der Waals surface area (Å²) in [5.74, 6) is -0.0760. The SMILES string of the molecule is CCCNC(=O)CCC(=O)NCCNC1CCCCCC1.Cl. The van der Waals surface area contributed by atoms with Gasteiger partial charge in [-0.15, -0.1) is 12.4 Å². The molecule has 0 bridgehead atoms. The Kier molecular flexibility index (Phi) is 13.3. The van der Waals surface area contributed by atoms with Crippen LogP contribution in [0.1, 0.15) is 64.7 Å². The highest BCUT2D eigenvalue weighted by Gasteiger charge is 2.11. The van der Waals surface area contributed by atoms with Crippen molar-refractivity contribution in [3.8, 4) is 0 Å². The Bertz CT molecular complexity index is 306. The molecule has 1 fully saturated rings. The maximum absolute atomic E-state index is 11.6. The molecular formula is C16H32ClN3O2. The average molecular weight is 334 g/mol. The molecule has 3 N–H and O–H groups in total. The van der Waals surface area contributed by atoms with E-state index in [2.05, 4.69) is 16.0 Å². The second kappa shape index (κ2) is 13.8. The van der Waals surface area contributed by atoms with Crippen molar-refractivity contribution in [3.05, 3.63) is 0 Å². The summed E-state index contributed by atoms with van der Waals surface area (Å²) in [7, 11) is 0. The van der Waals surface area contributed by atoms with Gasteiger partial charge in [0.15, 0.2) is 0 Å². The van der Waals surface area contributed by atoms with Crippen LogP contribution in [0.2, 0.25) is 0 Å². The highest BCUT2D eigenvalue weighted by atomic mass is 35.5. The van der Waals surface area contributed by atoms with E-state index >= 15 is 0 Å². The Morgan fingerprint density at radius 3 is 1.95 bits per heavy atom. The van der Waals surface area contributed by atoms with Crippen molar-refractivity contribution in [2.24, 2.45) is 0 Å². The molecule has 6 heteroatoms. The largest absolute Gasteiger partial charge is 0.356 e. The maximum Gasteiger partial charge on any atom is 0.220 e. The fraction of sp³-hybridized carbons (Fsp3) is 0.875. The first-order valence-corrected chi connectivity index (χ1v) is 8.49. The zero-order valence-corrected chi connectivity index (χ0v) is 14.6. The Balaban J connectivity index is 0.00000441. The summed E-state index contributed by atoms with van der Waals surface area (Å²) in [4.78, 5) is 23.0. The summed E-state index contributed by atoms with van der Waals surface area (Å²) in [6, 6.07) is 0.615. The van der Waals surface area contributed by atoms with E-state index in [1.54, 1.807) is 0 Å². The number of carbonyl (C=O) groups is 2. The van der Waals surface area contributed by atoms with Crippen molar-refractivity contribution in [1.29, 1.82) is 0 Å². The number of nitrogens with one attached hydrogen (secondary N) is 3. The Morgan fingerprint density at radius 1 is 0.864 bits per heavy atom. The van der Waals surface area contributed by atoms with Gasteiger partial charge in [0, 0.05) is 38.5 Å². The normalized spacial score (nSPS) is 15.5. The van der Waals surface area contributed by atoms with Crippen molar-refractivity contribution in [3.63, 3.8) is 0 Å². The quantitative estimate of drug-likeness (QED) is 0.447.